The highest BCUT2D eigenvalue weighted by atomic mass is 79.9. The van der Waals surface area contributed by atoms with Crippen molar-refractivity contribution in [2.24, 2.45) is 5.73 Å². The lowest BCUT2D eigenvalue weighted by molar-refractivity contribution is 0.145. The second-order valence-corrected chi connectivity index (χ2v) is 5.31. The van der Waals surface area contributed by atoms with Gasteiger partial charge in [-0.3, -0.25) is 0 Å². The summed E-state index contributed by atoms with van der Waals surface area (Å²) in [5.41, 5.74) is 7.56. The first-order chi connectivity index (χ1) is 9.08. The van der Waals surface area contributed by atoms with E-state index in [4.69, 9.17) is 5.73 Å². The van der Waals surface area contributed by atoms with Crippen LogP contribution in [-0.4, -0.2) is 11.2 Å². The van der Waals surface area contributed by atoms with E-state index in [1.54, 1.807) is 12.1 Å². The van der Waals surface area contributed by atoms with Crippen LogP contribution >= 0.6 is 28.3 Å². The van der Waals surface area contributed by atoms with Crippen molar-refractivity contribution in [3.8, 4) is 0 Å². The summed E-state index contributed by atoms with van der Waals surface area (Å²) in [7, 11) is 0. The van der Waals surface area contributed by atoms with E-state index in [1.807, 2.05) is 30.3 Å². The van der Waals surface area contributed by atoms with Crippen molar-refractivity contribution >= 4 is 28.3 Å². The molecule has 0 heterocycles. The predicted molar refractivity (Wildman–Crippen MR) is 84.4 cm³/mol. The first-order valence-corrected chi connectivity index (χ1v) is 6.80. The second kappa shape index (κ2) is 7.74. The molecule has 108 valence electrons. The van der Waals surface area contributed by atoms with Gasteiger partial charge in [0.15, 0.2) is 0 Å². The molecule has 0 saturated heterocycles. The van der Waals surface area contributed by atoms with Crippen molar-refractivity contribution in [1.29, 1.82) is 0 Å². The summed E-state index contributed by atoms with van der Waals surface area (Å²) >= 11 is 3.09. The van der Waals surface area contributed by atoms with Crippen LogP contribution in [0.3, 0.4) is 0 Å². The number of aliphatic hydroxyl groups excluding tert-OH is 1. The van der Waals surface area contributed by atoms with Crippen LogP contribution in [-0.2, 0) is 6.42 Å². The van der Waals surface area contributed by atoms with Gasteiger partial charge in [0.05, 0.1) is 16.6 Å². The first-order valence-electron chi connectivity index (χ1n) is 6.00. The minimum absolute atomic E-state index is 0. The number of hydrogen-bond acceptors (Lipinski definition) is 2. The minimum atomic E-state index is -0.747. The van der Waals surface area contributed by atoms with Crippen molar-refractivity contribution in [2.45, 2.75) is 18.6 Å². The number of rotatable bonds is 4. The number of benzene rings is 2. The van der Waals surface area contributed by atoms with E-state index >= 15 is 0 Å². The average Bonchev–Trinajstić information content (AvgIpc) is 2.42. The van der Waals surface area contributed by atoms with E-state index in [-0.39, 0.29) is 18.2 Å². The van der Waals surface area contributed by atoms with Gasteiger partial charge in [-0.15, -0.1) is 12.4 Å². The molecule has 0 spiro atoms. The fourth-order valence-corrected chi connectivity index (χ4v) is 2.17. The maximum Gasteiger partial charge on any atom is 0.137 e. The van der Waals surface area contributed by atoms with Crippen LogP contribution < -0.4 is 5.73 Å². The van der Waals surface area contributed by atoms with Crippen LogP contribution in [0.15, 0.2) is 53.0 Å². The molecular formula is C15H16BrClFNO. The fourth-order valence-electron chi connectivity index (χ4n) is 1.92. The lowest BCUT2D eigenvalue weighted by Gasteiger charge is -2.19. The van der Waals surface area contributed by atoms with Crippen LogP contribution in [0.2, 0.25) is 0 Å². The summed E-state index contributed by atoms with van der Waals surface area (Å²) in [5, 5.41) is 10.1. The number of hydrogen-bond donors (Lipinski definition) is 2. The van der Waals surface area contributed by atoms with Gasteiger partial charge in [-0.05, 0) is 39.2 Å². The number of halogens is 3. The lowest BCUT2D eigenvalue weighted by atomic mass is 9.97. The molecule has 5 heteroatoms. The topological polar surface area (TPSA) is 46.2 Å². The number of nitrogens with two attached hydrogens (primary N) is 1. The standard InChI is InChI=1S/C15H15BrFNO.ClH/c16-12-7-6-11(9-13(12)17)15(18)14(19)8-10-4-2-1-3-5-10;/h1-7,9,14-15,19H,8,18H2;1H/t14-,15+;/m1./s1. The molecule has 0 saturated carbocycles. The molecule has 0 bridgehead atoms. The Hall–Kier alpha value is -0.940. The Bertz CT molecular complexity index is 553. The van der Waals surface area contributed by atoms with Crippen molar-refractivity contribution in [3.63, 3.8) is 0 Å². The Balaban J connectivity index is 0.00000200. The molecule has 0 radical (unpaired) electrons. The quantitative estimate of drug-likeness (QED) is 0.875. The third kappa shape index (κ3) is 4.28. The summed E-state index contributed by atoms with van der Waals surface area (Å²) in [4.78, 5) is 0. The molecule has 2 nitrogen and oxygen atoms in total. The highest BCUT2D eigenvalue weighted by Crippen LogP contribution is 2.22. The summed E-state index contributed by atoms with van der Waals surface area (Å²) in [5.74, 6) is -0.375. The molecule has 0 aliphatic heterocycles. The molecule has 0 unspecified atom stereocenters. The highest BCUT2D eigenvalue weighted by Gasteiger charge is 2.18. The van der Waals surface area contributed by atoms with Gasteiger partial charge in [-0.1, -0.05) is 36.4 Å². The van der Waals surface area contributed by atoms with Crippen molar-refractivity contribution < 1.29 is 9.50 Å². The zero-order valence-electron chi connectivity index (χ0n) is 10.7. The van der Waals surface area contributed by atoms with E-state index in [9.17, 15) is 9.50 Å². The van der Waals surface area contributed by atoms with Crippen LogP contribution in [0.4, 0.5) is 4.39 Å². The zero-order valence-corrected chi connectivity index (χ0v) is 13.1. The molecule has 0 aliphatic carbocycles. The highest BCUT2D eigenvalue weighted by molar-refractivity contribution is 9.10. The Morgan fingerprint density at radius 1 is 1.15 bits per heavy atom. The van der Waals surface area contributed by atoms with Crippen molar-refractivity contribution in [1.82, 2.24) is 0 Å². The average molecular weight is 361 g/mol. The van der Waals surface area contributed by atoms with Gasteiger partial charge in [0.25, 0.3) is 0 Å². The van der Waals surface area contributed by atoms with E-state index in [1.165, 1.54) is 6.07 Å². The first kappa shape index (κ1) is 17.1. The molecule has 20 heavy (non-hydrogen) atoms. The Morgan fingerprint density at radius 2 is 1.80 bits per heavy atom. The molecular weight excluding hydrogens is 345 g/mol. The van der Waals surface area contributed by atoms with Gasteiger partial charge in [-0.25, -0.2) is 4.39 Å². The molecule has 0 fully saturated rings. The van der Waals surface area contributed by atoms with Crippen molar-refractivity contribution in [3.05, 3.63) is 69.9 Å². The van der Waals surface area contributed by atoms with Gasteiger partial charge in [0, 0.05) is 6.42 Å². The third-order valence-corrected chi connectivity index (χ3v) is 3.67. The van der Waals surface area contributed by atoms with E-state index in [0.717, 1.165) is 5.56 Å². The molecule has 2 atom stereocenters. The van der Waals surface area contributed by atoms with Crippen LogP contribution in [0.25, 0.3) is 0 Å². The Morgan fingerprint density at radius 3 is 2.40 bits per heavy atom. The van der Waals surface area contributed by atoms with Crippen LogP contribution in [0.1, 0.15) is 17.2 Å². The van der Waals surface area contributed by atoms with E-state index in [0.29, 0.717) is 16.5 Å². The van der Waals surface area contributed by atoms with E-state index < -0.39 is 12.1 Å². The van der Waals surface area contributed by atoms with Gasteiger partial charge >= 0.3 is 0 Å². The van der Waals surface area contributed by atoms with Crippen LogP contribution in [0.5, 0.6) is 0 Å². The molecule has 0 aromatic heterocycles. The van der Waals surface area contributed by atoms with Gasteiger partial charge in [-0.2, -0.15) is 0 Å². The van der Waals surface area contributed by atoms with Crippen molar-refractivity contribution in [2.75, 3.05) is 0 Å². The Labute approximate surface area is 132 Å². The third-order valence-electron chi connectivity index (χ3n) is 3.03. The summed E-state index contributed by atoms with van der Waals surface area (Å²) < 4.78 is 13.8. The van der Waals surface area contributed by atoms with Gasteiger partial charge in [0.1, 0.15) is 5.82 Å². The summed E-state index contributed by atoms with van der Waals surface area (Å²) in [6.07, 6.45) is -0.303. The summed E-state index contributed by atoms with van der Waals surface area (Å²) in [6.45, 7) is 0. The molecule has 0 aliphatic rings. The predicted octanol–water partition coefficient (Wildman–Crippen LogP) is 3.61. The van der Waals surface area contributed by atoms with Gasteiger partial charge in [0.2, 0.25) is 0 Å². The maximum atomic E-state index is 13.4. The molecule has 3 N–H and O–H groups in total. The minimum Gasteiger partial charge on any atom is -0.391 e. The smallest absolute Gasteiger partial charge is 0.137 e. The van der Waals surface area contributed by atoms with Gasteiger partial charge < -0.3 is 10.8 Å². The largest absolute Gasteiger partial charge is 0.391 e. The normalized spacial score (nSPS) is 13.4. The Kier molecular flexibility index (Phi) is 6.62. The molecule has 2 aromatic carbocycles. The van der Waals surface area contributed by atoms with E-state index in [2.05, 4.69) is 15.9 Å². The molecule has 0 amide bonds. The lowest BCUT2D eigenvalue weighted by Crippen LogP contribution is -2.28. The maximum absolute atomic E-state index is 13.4. The van der Waals surface area contributed by atoms with Crippen LogP contribution in [0, 0.1) is 5.82 Å². The second-order valence-electron chi connectivity index (χ2n) is 4.46. The molecule has 2 rings (SSSR count). The molecule has 2 aromatic rings. The monoisotopic (exact) mass is 359 g/mol. The summed E-state index contributed by atoms with van der Waals surface area (Å²) in [6, 6.07) is 13.6. The zero-order chi connectivity index (χ0) is 13.8. The number of aliphatic hydroxyl groups is 1. The SMILES string of the molecule is Cl.N[C@@H](c1ccc(Br)c(F)c1)[C@H](O)Cc1ccccc1. The fraction of sp³-hybridized carbons (Fsp3) is 0.200.